The van der Waals surface area contributed by atoms with Gasteiger partial charge in [-0.2, -0.15) is 4.31 Å². The molecule has 0 spiro atoms. The van der Waals surface area contributed by atoms with Crippen LogP contribution in [0.1, 0.15) is 33.1 Å². The molecule has 2 rings (SSSR count). The van der Waals surface area contributed by atoms with Crippen LogP contribution in [0.2, 0.25) is 0 Å². The van der Waals surface area contributed by atoms with E-state index in [2.05, 4.69) is 10.6 Å². The van der Waals surface area contributed by atoms with Crippen molar-refractivity contribution in [3.63, 3.8) is 0 Å². The van der Waals surface area contributed by atoms with Crippen LogP contribution in [-0.4, -0.2) is 50.2 Å². The third kappa shape index (κ3) is 6.44. The highest BCUT2D eigenvalue weighted by Crippen LogP contribution is 2.22. The van der Waals surface area contributed by atoms with Crippen molar-refractivity contribution >= 4 is 39.9 Å². The maximum Gasteiger partial charge on any atom is 0.243 e. The number of piperidine rings is 1. The van der Waals surface area contributed by atoms with Crippen LogP contribution in [-0.2, 0) is 19.6 Å². The van der Waals surface area contributed by atoms with Crippen molar-refractivity contribution < 1.29 is 18.0 Å². The first-order valence-electron chi connectivity index (χ1n) is 9.15. The van der Waals surface area contributed by atoms with Gasteiger partial charge in [0.1, 0.15) is 0 Å². The minimum atomic E-state index is -3.57. The van der Waals surface area contributed by atoms with E-state index in [-0.39, 0.29) is 29.8 Å². The molecule has 0 unspecified atom stereocenters. The molecular formula is C18H29ClN4O4S. The van der Waals surface area contributed by atoms with E-state index in [9.17, 15) is 18.0 Å². The standard InChI is InChI=1S/C18H28N4O4S.ClH/c1-13(2)17(19)18(24)20-12-16(23)21-14-7-6-8-15(11-14)27(25,26)22-9-4-3-5-10-22;/h6-8,11,13,17H,3-5,9-10,12,19H2,1-2H3,(H,20,24)(H,21,23);1H/t17-;/m0./s1. The Balaban J connectivity index is 0.00000392. The fourth-order valence-electron chi connectivity index (χ4n) is 2.78. The molecule has 0 aliphatic carbocycles. The van der Waals surface area contributed by atoms with E-state index in [1.807, 2.05) is 13.8 Å². The lowest BCUT2D eigenvalue weighted by Gasteiger charge is -2.26. The summed E-state index contributed by atoms with van der Waals surface area (Å²) < 4.78 is 26.9. The maximum absolute atomic E-state index is 12.7. The monoisotopic (exact) mass is 432 g/mol. The van der Waals surface area contributed by atoms with Crippen molar-refractivity contribution in [2.45, 2.75) is 44.0 Å². The molecule has 28 heavy (non-hydrogen) atoms. The largest absolute Gasteiger partial charge is 0.346 e. The number of nitrogens with zero attached hydrogens (tertiary/aromatic N) is 1. The number of amides is 2. The Morgan fingerprint density at radius 2 is 1.82 bits per heavy atom. The first-order valence-corrected chi connectivity index (χ1v) is 10.6. The van der Waals surface area contributed by atoms with E-state index in [4.69, 9.17) is 5.73 Å². The van der Waals surface area contributed by atoms with E-state index in [0.717, 1.165) is 19.3 Å². The van der Waals surface area contributed by atoms with E-state index in [1.165, 1.54) is 16.4 Å². The molecule has 0 saturated carbocycles. The van der Waals surface area contributed by atoms with Gasteiger partial charge < -0.3 is 16.4 Å². The summed E-state index contributed by atoms with van der Waals surface area (Å²) in [6, 6.07) is 5.46. The molecule has 0 radical (unpaired) electrons. The van der Waals surface area contributed by atoms with Gasteiger partial charge in [-0.05, 0) is 37.0 Å². The Morgan fingerprint density at radius 3 is 2.43 bits per heavy atom. The number of hydrogen-bond acceptors (Lipinski definition) is 5. The molecule has 8 nitrogen and oxygen atoms in total. The molecule has 1 saturated heterocycles. The molecule has 10 heteroatoms. The van der Waals surface area contributed by atoms with Crippen molar-refractivity contribution in [1.82, 2.24) is 9.62 Å². The summed E-state index contributed by atoms with van der Waals surface area (Å²) in [6.45, 7) is 4.43. The Labute approximate surface area is 172 Å². The first-order chi connectivity index (χ1) is 12.7. The molecule has 1 heterocycles. The van der Waals surface area contributed by atoms with E-state index in [1.54, 1.807) is 12.1 Å². The number of nitrogens with two attached hydrogens (primary N) is 1. The first kappa shape index (κ1) is 24.4. The highest BCUT2D eigenvalue weighted by Gasteiger charge is 2.26. The summed E-state index contributed by atoms with van der Waals surface area (Å²) in [7, 11) is -3.57. The quantitative estimate of drug-likeness (QED) is 0.599. The van der Waals surface area contributed by atoms with Crippen molar-refractivity contribution in [2.24, 2.45) is 11.7 Å². The summed E-state index contributed by atoms with van der Waals surface area (Å²) in [5.41, 5.74) is 6.08. The smallest absolute Gasteiger partial charge is 0.243 e. The summed E-state index contributed by atoms with van der Waals surface area (Å²) >= 11 is 0. The number of sulfonamides is 1. The lowest BCUT2D eigenvalue weighted by molar-refractivity contribution is -0.125. The number of carbonyl (C=O) groups is 2. The highest BCUT2D eigenvalue weighted by atomic mass is 35.5. The van der Waals surface area contributed by atoms with Gasteiger partial charge in [0.2, 0.25) is 21.8 Å². The minimum absolute atomic E-state index is 0. The van der Waals surface area contributed by atoms with E-state index >= 15 is 0 Å². The second-order valence-electron chi connectivity index (χ2n) is 7.03. The Hall–Kier alpha value is -1.68. The number of carbonyl (C=O) groups excluding carboxylic acids is 2. The topological polar surface area (TPSA) is 122 Å². The number of anilines is 1. The average molecular weight is 433 g/mol. The Kier molecular flexibility index (Phi) is 9.35. The normalized spacial score (nSPS) is 16.1. The molecule has 1 aliphatic rings. The van der Waals surface area contributed by atoms with E-state index in [0.29, 0.717) is 18.8 Å². The molecule has 2 amide bonds. The van der Waals surface area contributed by atoms with Crippen LogP contribution >= 0.6 is 12.4 Å². The lowest BCUT2D eigenvalue weighted by Crippen LogP contribution is -2.46. The van der Waals surface area contributed by atoms with Gasteiger partial charge in [0.15, 0.2) is 0 Å². The molecule has 1 aromatic carbocycles. The highest BCUT2D eigenvalue weighted by molar-refractivity contribution is 7.89. The van der Waals surface area contributed by atoms with Gasteiger partial charge >= 0.3 is 0 Å². The van der Waals surface area contributed by atoms with Crippen molar-refractivity contribution in [1.29, 1.82) is 0 Å². The van der Waals surface area contributed by atoms with Crippen LogP contribution in [0.25, 0.3) is 0 Å². The Bertz CT molecular complexity index is 780. The molecule has 1 fully saturated rings. The fourth-order valence-corrected chi connectivity index (χ4v) is 4.35. The maximum atomic E-state index is 12.7. The van der Waals surface area contributed by atoms with Crippen LogP contribution in [0.15, 0.2) is 29.2 Å². The molecule has 1 aromatic rings. The van der Waals surface area contributed by atoms with Crippen molar-refractivity contribution in [3.8, 4) is 0 Å². The van der Waals surface area contributed by atoms with Gasteiger partial charge in [-0.15, -0.1) is 12.4 Å². The van der Waals surface area contributed by atoms with Gasteiger partial charge in [-0.3, -0.25) is 9.59 Å². The van der Waals surface area contributed by atoms with Gasteiger partial charge in [-0.25, -0.2) is 8.42 Å². The predicted molar refractivity (Wildman–Crippen MR) is 111 cm³/mol. The molecule has 4 N–H and O–H groups in total. The molecule has 1 aliphatic heterocycles. The molecule has 0 aromatic heterocycles. The van der Waals surface area contributed by atoms with Crippen molar-refractivity contribution in [3.05, 3.63) is 24.3 Å². The second-order valence-corrected chi connectivity index (χ2v) is 8.97. The predicted octanol–water partition coefficient (Wildman–Crippen LogP) is 1.32. The van der Waals surface area contributed by atoms with Crippen LogP contribution < -0.4 is 16.4 Å². The minimum Gasteiger partial charge on any atom is -0.346 e. The molecule has 158 valence electrons. The number of rotatable bonds is 7. The zero-order valence-corrected chi connectivity index (χ0v) is 17.8. The number of benzene rings is 1. The number of halogens is 1. The fraction of sp³-hybridized carbons (Fsp3) is 0.556. The number of nitrogens with one attached hydrogen (secondary N) is 2. The van der Waals surface area contributed by atoms with Crippen molar-refractivity contribution in [2.75, 3.05) is 25.0 Å². The number of hydrogen-bond donors (Lipinski definition) is 3. The third-order valence-corrected chi connectivity index (χ3v) is 6.41. The van der Waals surface area contributed by atoms with Crippen LogP contribution in [0, 0.1) is 5.92 Å². The second kappa shape index (κ2) is 10.8. The van der Waals surface area contributed by atoms with Gasteiger partial charge in [-0.1, -0.05) is 26.3 Å². The lowest BCUT2D eigenvalue weighted by atomic mass is 10.1. The summed E-state index contributed by atoms with van der Waals surface area (Å²) in [5, 5.41) is 5.08. The summed E-state index contributed by atoms with van der Waals surface area (Å²) in [6.07, 6.45) is 2.75. The molecular weight excluding hydrogens is 404 g/mol. The van der Waals surface area contributed by atoms with Crippen LogP contribution in [0.3, 0.4) is 0 Å². The SMILES string of the molecule is CC(C)[C@H](N)C(=O)NCC(=O)Nc1cccc(S(=O)(=O)N2CCCCC2)c1.Cl. The van der Waals surface area contributed by atoms with E-state index < -0.39 is 27.9 Å². The average Bonchev–Trinajstić information content (AvgIpc) is 2.66. The molecule has 1 atom stereocenters. The molecule has 0 bridgehead atoms. The zero-order valence-electron chi connectivity index (χ0n) is 16.2. The van der Waals surface area contributed by atoms with Gasteiger partial charge in [0, 0.05) is 18.8 Å². The summed E-state index contributed by atoms with van der Waals surface area (Å²) in [4.78, 5) is 24.0. The van der Waals surface area contributed by atoms with Crippen LogP contribution in [0.5, 0.6) is 0 Å². The van der Waals surface area contributed by atoms with Crippen LogP contribution in [0.4, 0.5) is 5.69 Å². The van der Waals surface area contributed by atoms with Gasteiger partial charge in [0.05, 0.1) is 17.5 Å². The van der Waals surface area contributed by atoms with Gasteiger partial charge in [0.25, 0.3) is 0 Å². The zero-order chi connectivity index (χ0) is 20.0. The Morgan fingerprint density at radius 1 is 1.18 bits per heavy atom. The summed E-state index contributed by atoms with van der Waals surface area (Å²) in [5.74, 6) is -0.891. The third-order valence-electron chi connectivity index (χ3n) is 4.51.